The number of ether oxygens (including phenoxy) is 1. The van der Waals surface area contributed by atoms with Crippen molar-refractivity contribution in [3.63, 3.8) is 0 Å². The third-order valence-corrected chi connectivity index (χ3v) is 5.97. The largest absolute Gasteiger partial charge is 0.444 e. The highest BCUT2D eigenvalue weighted by Gasteiger charge is 2.34. The van der Waals surface area contributed by atoms with Gasteiger partial charge in [0, 0.05) is 51.2 Å². The average molecular weight is 436 g/mol. The molecule has 0 N–H and O–H groups in total. The van der Waals surface area contributed by atoms with Gasteiger partial charge < -0.3 is 14.4 Å². The number of cyclic esters (lactones) is 1. The summed E-state index contributed by atoms with van der Waals surface area (Å²) < 4.78 is 35.2. The Labute approximate surface area is 179 Å². The van der Waals surface area contributed by atoms with E-state index in [-0.39, 0.29) is 36.0 Å². The van der Waals surface area contributed by atoms with Crippen LogP contribution >= 0.6 is 0 Å². The molecule has 8 nitrogen and oxygen atoms in total. The maximum atomic E-state index is 15.0. The van der Waals surface area contributed by atoms with E-state index in [1.807, 2.05) is 5.01 Å². The topological polar surface area (TPSA) is 73.4 Å². The molecule has 0 radical (unpaired) electrons. The number of anilines is 2. The predicted octanol–water partition coefficient (Wildman–Crippen LogP) is 2.32. The van der Waals surface area contributed by atoms with Crippen LogP contribution in [-0.2, 0) is 14.3 Å². The standard InChI is InChI=1S/C21H26F2N4O4/c1-14(28)4-5-16-13-26(21(30)31-16)15-11-17(22)20(18(23)12-15)24-7-9-25-6-2-3-19(29)27(25)10-8-24/h11-12,16H,2-10,13H2,1H3/t16-/m0/s1. The summed E-state index contributed by atoms with van der Waals surface area (Å²) in [6, 6.07) is 2.27. The van der Waals surface area contributed by atoms with Crippen molar-refractivity contribution in [2.45, 2.75) is 38.7 Å². The molecule has 10 heteroatoms. The second-order valence-electron chi connectivity index (χ2n) is 8.18. The van der Waals surface area contributed by atoms with Crippen molar-refractivity contribution in [1.29, 1.82) is 0 Å². The molecule has 3 heterocycles. The van der Waals surface area contributed by atoms with Crippen LogP contribution < -0.4 is 9.80 Å². The van der Waals surface area contributed by atoms with E-state index in [0.717, 1.165) is 25.1 Å². The fourth-order valence-electron chi connectivity index (χ4n) is 4.36. The number of nitrogens with zero attached hydrogens (tertiary/aromatic N) is 4. The van der Waals surface area contributed by atoms with Gasteiger partial charge in [-0.05, 0) is 19.8 Å². The zero-order valence-corrected chi connectivity index (χ0v) is 17.5. The Hall–Kier alpha value is -2.75. The maximum absolute atomic E-state index is 15.0. The monoisotopic (exact) mass is 436 g/mol. The van der Waals surface area contributed by atoms with Gasteiger partial charge >= 0.3 is 6.09 Å². The molecule has 0 spiro atoms. The molecule has 0 bridgehead atoms. The number of benzene rings is 1. The predicted molar refractivity (Wildman–Crippen MR) is 109 cm³/mol. The van der Waals surface area contributed by atoms with Gasteiger partial charge in [-0.1, -0.05) is 0 Å². The Kier molecular flexibility index (Phi) is 6.08. The van der Waals surface area contributed by atoms with Crippen LogP contribution in [0.3, 0.4) is 0 Å². The van der Waals surface area contributed by atoms with E-state index in [9.17, 15) is 14.4 Å². The van der Waals surface area contributed by atoms with Crippen LogP contribution in [-0.4, -0.2) is 73.2 Å². The molecule has 3 saturated heterocycles. The molecule has 4 rings (SSSR count). The molecule has 0 unspecified atom stereocenters. The van der Waals surface area contributed by atoms with E-state index in [1.165, 1.54) is 11.8 Å². The Bertz CT molecular complexity index is 873. The number of Topliss-reactive ketones (excluding diaryl/α,β-unsaturated/α-hetero) is 1. The molecular formula is C21H26F2N4O4. The van der Waals surface area contributed by atoms with Crippen LogP contribution in [0.2, 0.25) is 0 Å². The number of hydrogen-bond donors (Lipinski definition) is 0. The highest BCUT2D eigenvalue weighted by Crippen LogP contribution is 2.32. The van der Waals surface area contributed by atoms with E-state index >= 15 is 8.78 Å². The summed E-state index contributed by atoms with van der Waals surface area (Å²) in [5.74, 6) is -1.51. The molecule has 0 aliphatic carbocycles. The first-order valence-corrected chi connectivity index (χ1v) is 10.6. The number of halogens is 2. The molecule has 168 valence electrons. The third kappa shape index (κ3) is 4.48. The van der Waals surface area contributed by atoms with Gasteiger partial charge in [-0.2, -0.15) is 0 Å². The minimum absolute atomic E-state index is 0.0115. The van der Waals surface area contributed by atoms with Crippen molar-refractivity contribution in [2.24, 2.45) is 0 Å². The summed E-state index contributed by atoms with van der Waals surface area (Å²) in [7, 11) is 0. The first-order chi connectivity index (χ1) is 14.8. The average Bonchev–Trinajstić information content (AvgIpc) is 2.95. The molecule has 1 atom stereocenters. The molecule has 2 amide bonds. The minimum atomic E-state index is -0.767. The van der Waals surface area contributed by atoms with Crippen molar-refractivity contribution in [2.75, 3.05) is 49.1 Å². The molecule has 1 aromatic carbocycles. The first kappa shape index (κ1) is 21.5. The van der Waals surface area contributed by atoms with Crippen LogP contribution in [0.1, 0.15) is 32.6 Å². The van der Waals surface area contributed by atoms with Crippen molar-refractivity contribution >= 4 is 29.2 Å². The Balaban J connectivity index is 1.49. The third-order valence-electron chi connectivity index (χ3n) is 5.97. The number of amides is 2. The summed E-state index contributed by atoms with van der Waals surface area (Å²) in [6.45, 7) is 3.92. The van der Waals surface area contributed by atoms with E-state index in [1.54, 1.807) is 9.91 Å². The van der Waals surface area contributed by atoms with Gasteiger partial charge in [-0.15, -0.1) is 0 Å². The second-order valence-corrected chi connectivity index (χ2v) is 8.18. The van der Waals surface area contributed by atoms with Gasteiger partial charge in [0.05, 0.1) is 18.8 Å². The fraction of sp³-hybridized carbons (Fsp3) is 0.571. The van der Waals surface area contributed by atoms with Crippen LogP contribution in [0.4, 0.5) is 25.0 Å². The van der Waals surface area contributed by atoms with Crippen LogP contribution in [0, 0.1) is 11.6 Å². The van der Waals surface area contributed by atoms with E-state index in [4.69, 9.17) is 4.74 Å². The smallest absolute Gasteiger partial charge is 0.414 e. The van der Waals surface area contributed by atoms with Crippen molar-refractivity contribution in [3.8, 4) is 0 Å². The lowest BCUT2D eigenvalue weighted by Gasteiger charge is -2.36. The zero-order chi connectivity index (χ0) is 22.1. The van der Waals surface area contributed by atoms with Gasteiger partial charge in [0.2, 0.25) is 5.91 Å². The van der Waals surface area contributed by atoms with Crippen molar-refractivity contribution < 1.29 is 27.9 Å². The molecule has 3 aliphatic rings. The summed E-state index contributed by atoms with van der Waals surface area (Å²) in [6.07, 6.45) is 0.758. The van der Waals surface area contributed by atoms with Crippen molar-refractivity contribution in [1.82, 2.24) is 10.0 Å². The van der Waals surface area contributed by atoms with Gasteiger partial charge in [-0.3, -0.25) is 14.7 Å². The fourth-order valence-corrected chi connectivity index (χ4v) is 4.36. The number of hydrazine groups is 1. The quantitative estimate of drug-likeness (QED) is 0.706. The Morgan fingerprint density at radius 2 is 1.81 bits per heavy atom. The summed E-state index contributed by atoms with van der Waals surface area (Å²) >= 11 is 0. The molecule has 0 saturated carbocycles. The molecular weight excluding hydrogens is 410 g/mol. The lowest BCUT2D eigenvalue weighted by Crippen LogP contribution is -2.50. The van der Waals surface area contributed by atoms with E-state index in [0.29, 0.717) is 39.0 Å². The summed E-state index contributed by atoms with van der Waals surface area (Å²) in [5.41, 5.74) is -0.0711. The van der Waals surface area contributed by atoms with E-state index < -0.39 is 23.8 Å². The lowest BCUT2D eigenvalue weighted by molar-refractivity contribution is -0.153. The zero-order valence-electron chi connectivity index (χ0n) is 17.5. The normalized spacial score (nSPS) is 22.4. The van der Waals surface area contributed by atoms with Crippen LogP contribution in [0.15, 0.2) is 12.1 Å². The Morgan fingerprint density at radius 1 is 1.10 bits per heavy atom. The van der Waals surface area contributed by atoms with Crippen LogP contribution in [0.25, 0.3) is 0 Å². The SMILES string of the molecule is CC(=O)CC[C@H]1CN(c2cc(F)c(N3CCN4CCCC(=O)N4CC3)c(F)c2)C(=O)O1. The number of hydrogen-bond acceptors (Lipinski definition) is 6. The first-order valence-electron chi connectivity index (χ1n) is 10.6. The molecule has 1 aromatic rings. The van der Waals surface area contributed by atoms with Gasteiger partial charge in [0.15, 0.2) is 11.6 Å². The Morgan fingerprint density at radius 3 is 2.52 bits per heavy atom. The van der Waals surface area contributed by atoms with Gasteiger partial charge in [0.25, 0.3) is 0 Å². The highest BCUT2D eigenvalue weighted by atomic mass is 19.1. The molecule has 0 aromatic heterocycles. The number of fused-ring (bicyclic) bond motifs is 1. The number of carbonyl (C=O) groups excluding carboxylic acids is 3. The second kappa shape index (κ2) is 8.78. The highest BCUT2D eigenvalue weighted by molar-refractivity contribution is 5.90. The molecule has 31 heavy (non-hydrogen) atoms. The number of carbonyl (C=O) groups is 3. The summed E-state index contributed by atoms with van der Waals surface area (Å²) in [4.78, 5) is 38.3. The minimum Gasteiger partial charge on any atom is -0.444 e. The summed E-state index contributed by atoms with van der Waals surface area (Å²) in [5, 5.41) is 3.62. The number of rotatable bonds is 5. The van der Waals surface area contributed by atoms with E-state index in [2.05, 4.69) is 0 Å². The number of ketones is 1. The van der Waals surface area contributed by atoms with Crippen LogP contribution in [0.5, 0.6) is 0 Å². The van der Waals surface area contributed by atoms with Gasteiger partial charge in [-0.25, -0.2) is 18.6 Å². The lowest BCUT2D eigenvalue weighted by atomic mass is 10.1. The maximum Gasteiger partial charge on any atom is 0.414 e. The van der Waals surface area contributed by atoms with Crippen molar-refractivity contribution in [3.05, 3.63) is 23.8 Å². The van der Waals surface area contributed by atoms with Gasteiger partial charge in [0.1, 0.15) is 17.6 Å². The molecule has 3 fully saturated rings. The molecule has 3 aliphatic heterocycles.